The van der Waals surface area contributed by atoms with Gasteiger partial charge in [0.05, 0.1) is 10.6 Å². The molecule has 0 spiro atoms. The first-order valence-electron chi connectivity index (χ1n) is 2.76. The Balaban J connectivity index is 2.84. The number of rotatable bonds is 2. The molecular weight excluding hydrogens is 166 g/mol. The van der Waals surface area contributed by atoms with Gasteiger partial charge in [0.15, 0.2) is 6.29 Å². The molecule has 0 atom stereocenters. The summed E-state index contributed by atoms with van der Waals surface area (Å²) in [5, 5.41) is 12.0. The molecule has 0 saturated carbocycles. The van der Waals surface area contributed by atoms with E-state index in [2.05, 4.69) is 5.32 Å². The summed E-state index contributed by atoms with van der Waals surface area (Å²) in [6, 6.07) is 1.54. The molecule has 0 unspecified atom stereocenters. The lowest BCUT2D eigenvalue weighted by atomic mass is 10.4. The van der Waals surface area contributed by atoms with Crippen molar-refractivity contribution in [2.24, 2.45) is 0 Å². The van der Waals surface area contributed by atoms with E-state index in [4.69, 9.17) is 5.11 Å². The zero-order valence-electron chi connectivity index (χ0n) is 5.40. The fourth-order valence-corrected chi connectivity index (χ4v) is 1.28. The fourth-order valence-electron chi connectivity index (χ4n) is 0.631. The van der Waals surface area contributed by atoms with Crippen molar-refractivity contribution in [2.45, 2.75) is 0 Å². The van der Waals surface area contributed by atoms with Gasteiger partial charge in [-0.3, -0.25) is 10.1 Å². The van der Waals surface area contributed by atoms with E-state index in [0.29, 0.717) is 16.9 Å². The third kappa shape index (κ3) is 1.78. The quantitative estimate of drug-likeness (QED) is 0.665. The van der Waals surface area contributed by atoms with Crippen LogP contribution in [0.3, 0.4) is 0 Å². The maximum absolute atomic E-state index is 10.2. The third-order valence-corrected chi connectivity index (χ3v) is 1.89. The number of carboxylic acid groups (broad SMARTS) is 1. The predicted molar refractivity (Wildman–Crippen MR) is 41.4 cm³/mol. The van der Waals surface area contributed by atoms with Crippen molar-refractivity contribution in [1.82, 2.24) is 0 Å². The van der Waals surface area contributed by atoms with Crippen LogP contribution >= 0.6 is 11.3 Å². The summed E-state index contributed by atoms with van der Waals surface area (Å²) in [5.41, 5.74) is 0.345. The first-order valence-corrected chi connectivity index (χ1v) is 3.64. The number of aldehydes is 1. The molecule has 1 aromatic heterocycles. The predicted octanol–water partition coefficient (Wildman–Crippen LogP) is 1.65. The molecule has 0 aliphatic carbocycles. The number of thiophene rings is 1. The lowest BCUT2D eigenvalue weighted by Crippen LogP contribution is -2.07. The summed E-state index contributed by atoms with van der Waals surface area (Å²) in [6.07, 6.45) is -0.540. The van der Waals surface area contributed by atoms with E-state index in [1.54, 1.807) is 11.4 Å². The molecule has 2 N–H and O–H groups in total. The van der Waals surface area contributed by atoms with Gasteiger partial charge in [-0.25, -0.2) is 4.79 Å². The third-order valence-electron chi connectivity index (χ3n) is 1.04. The number of hydrogen-bond donors (Lipinski definition) is 2. The van der Waals surface area contributed by atoms with E-state index in [-0.39, 0.29) is 0 Å². The maximum Gasteiger partial charge on any atom is 0.409 e. The van der Waals surface area contributed by atoms with Crippen LogP contribution in [0, 0.1) is 0 Å². The number of carbonyl (C=O) groups is 2. The zero-order valence-corrected chi connectivity index (χ0v) is 6.22. The minimum Gasteiger partial charge on any atom is -0.465 e. The van der Waals surface area contributed by atoms with E-state index in [1.165, 1.54) is 11.3 Å². The number of anilines is 1. The highest BCUT2D eigenvalue weighted by molar-refractivity contribution is 7.12. The second-order valence-corrected chi connectivity index (χ2v) is 2.69. The Morgan fingerprint density at radius 1 is 1.73 bits per heavy atom. The molecular formula is C6H5NO3S. The molecule has 5 heteroatoms. The van der Waals surface area contributed by atoms with Crippen molar-refractivity contribution in [3.63, 3.8) is 0 Å². The van der Waals surface area contributed by atoms with E-state index in [9.17, 15) is 9.59 Å². The van der Waals surface area contributed by atoms with Crippen molar-refractivity contribution < 1.29 is 14.7 Å². The first kappa shape index (κ1) is 7.74. The van der Waals surface area contributed by atoms with Gasteiger partial charge >= 0.3 is 6.09 Å². The van der Waals surface area contributed by atoms with E-state index in [1.807, 2.05) is 0 Å². The molecule has 0 aliphatic rings. The van der Waals surface area contributed by atoms with Gasteiger partial charge in [-0.2, -0.15) is 0 Å². The highest BCUT2D eigenvalue weighted by Crippen LogP contribution is 2.19. The molecule has 1 amide bonds. The van der Waals surface area contributed by atoms with E-state index < -0.39 is 6.09 Å². The average Bonchev–Trinajstić information content (AvgIpc) is 2.34. The van der Waals surface area contributed by atoms with Crippen molar-refractivity contribution in [3.8, 4) is 0 Å². The van der Waals surface area contributed by atoms with Gasteiger partial charge in [-0.05, 0) is 11.4 Å². The molecule has 0 aliphatic heterocycles. The minimum atomic E-state index is -1.16. The van der Waals surface area contributed by atoms with E-state index >= 15 is 0 Å². The van der Waals surface area contributed by atoms with Crippen LogP contribution in [-0.4, -0.2) is 17.5 Å². The topological polar surface area (TPSA) is 66.4 Å². The standard InChI is InChI=1S/C6H5NO3S/c8-3-5-4(1-2-11-5)7-6(9)10/h1-3,7H,(H,9,10). The van der Waals surface area contributed by atoms with Gasteiger partial charge in [0.1, 0.15) is 0 Å². The molecule has 0 bridgehead atoms. The van der Waals surface area contributed by atoms with Gasteiger partial charge < -0.3 is 5.11 Å². The Hall–Kier alpha value is -1.36. The highest BCUT2D eigenvalue weighted by Gasteiger charge is 2.04. The summed E-state index contributed by atoms with van der Waals surface area (Å²) in [7, 11) is 0. The normalized spacial score (nSPS) is 9.09. The Kier molecular flexibility index (Phi) is 2.22. The number of hydrogen-bond acceptors (Lipinski definition) is 3. The molecule has 58 valence electrons. The van der Waals surface area contributed by atoms with Crippen molar-refractivity contribution in [2.75, 3.05) is 5.32 Å². The van der Waals surface area contributed by atoms with Crippen LogP contribution < -0.4 is 5.32 Å². The molecule has 0 radical (unpaired) electrons. The van der Waals surface area contributed by atoms with Gasteiger partial charge in [0.2, 0.25) is 0 Å². The molecule has 1 rings (SSSR count). The van der Waals surface area contributed by atoms with Gasteiger partial charge in [-0.1, -0.05) is 0 Å². The highest BCUT2D eigenvalue weighted by atomic mass is 32.1. The Bertz CT molecular complexity index is 281. The second-order valence-electron chi connectivity index (χ2n) is 1.75. The number of nitrogens with one attached hydrogen (secondary N) is 1. The molecule has 1 aromatic rings. The average molecular weight is 171 g/mol. The van der Waals surface area contributed by atoms with Crippen LogP contribution in [0.4, 0.5) is 10.5 Å². The molecule has 0 fully saturated rings. The fraction of sp³-hybridized carbons (Fsp3) is 0. The summed E-state index contributed by atoms with van der Waals surface area (Å²) in [6.45, 7) is 0. The van der Waals surface area contributed by atoms with Crippen LogP contribution in [0.15, 0.2) is 11.4 Å². The SMILES string of the molecule is O=Cc1sccc1NC(=O)O. The lowest BCUT2D eigenvalue weighted by Gasteiger charge is -1.95. The lowest BCUT2D eigenvalue weighted by molar-refractivity contribution is 0.112. The zero-order chi connectivity index (χ0) is 8.27. The Morgan fingerprint density at radius 3 is 3.00 bits per heavy atom. The Labute approximate surface area is 66.5 Å². The van der Waals surface area contributed by atoms with Gasteiger partial charge in [-0.15, -0.1) is 11.3 Å². The van der Waals surface area contributed by atoms with Gasteiger partial charge in [0, 0.05) is 0 Å². The summed E-state index contributed by atoms with van der Waals surface area (Å²) in [4.78, 5) is 20.8. The molecule has 4 nitrogen and oxygen atoms in total. The van der Waals surface area contributed by atoms with Crippen LogP contribution in [-0.2, 0) is 0 Å². The monoisotopic (exact) mass is 171 g/mol. The molecule has 11 heavy (non-hydrogen) atoms. The van der Waals surface area contributed by atoms with Crippen LogP contribution in [0.25, 0.3) is 0 Å². The first-order chi connectivity index (χ1) is 5.24. The van der Waals surface area contributed by atoms with E-state index in [0.717, 1.165) is 0 Å². The number of amides is 1. The second kappa shape index (κ2) is 3.16. The van der Waals surface area contributed by atoms with Crippen molar-refractivity contribution in [3.05, 3.63) is 16.3 Å². The summed E-state index contributed by atoms with van der Waals surface area (Å²) < 4.78 is 0. The van der Waals surface area contributed by atoms with Gasteiger partial charge in [0.25, 0.3) is 0 Å². The number of carbonyl (C=O) groups excluding carboxylic acids is 1. The van der Waals surface area contributed by atoms with Crippen molar-refractivity contribution in [1.29, 1.82) is 0 Å². The van der Waals surface area contributed by atoms with Crippen LogP contribution in [0.5, 0.6) is 0 Å². The smallest absolute Gasteiger partial charge is 0.409 e. The van der Waals surface area contributed by atoms with Crippen molar-refractivity contribution >= 4 is 29.4 Å². The molecule has 0 saturated heterocycles. The maximum atomic E-state index is 10.2. The molecule has 1 heterocycles. The molecule has 0 aromatic carbocycles. The Morgan fingerprint density at radius 2 is 2.45 bits per heavy atom. The summed E-state index contributed by atoms with van der Waals surface area (Å²) >= 11 is 1.20. The van der Waals surface area contributed by atoms with Crippen LogP contribution in [0.2, 0.25) is 0 Å². The largest absolute Gasteiger partial charge is 0.465 e. The minimum absolute atomic E-state index is 0.345. The van der Waals surface area contributed by atoms with Crippen LogP contribution in [0.1, 0.15) is 9.67 Å². The summed E-state index contributed by atoms with van der Waals surface area (Å²) in [5.74, 6) is 0.